The van der Waals surface area contributed by atoms with Crippen LogP contribution in [0.3, 0.4) is 0 Å². The predicted octanol–water partition coefficient (Wildman–Crippen LogP) is 6.17. The lowest BCUT2D eigenvalue weighted by molar-refractivity contribution is 0.0598. The molecule has 2 fully saturated rings. The van der Waals surface area contributed by atoms with Gasteiger partial charge in [0.2, 0.25) is 0 Å². The molecule has 3 heterocycles. The molecule has 1 atom stereocenters. The zero-order valence-electron chi connectivity index (χ0n) is 20.3. The number of nitrogens with zero attached hydrogens (tertiary/aromatic N) is 2. The summed E-state index contributed by atoms with van der Waals surface area (Å²) in [7, 11) is 0. The fourth-order valence-corrected chi connectivity index (χ4v) is 6.31. The van der Waals surface area contributed by atoms with Crippen molar-refractivity contribution in [1.29, 1.82) is 0 Å². The van der Waals surface area contributed by atoms with E-state index in [-0.39, 0.29) is 17.9 Å². The van der Waals surface area contributed by atoms with Gasteiger partial charge in [-0.05, 0) is 62.8 Å². The minimum atomic E-state index is -0.148. The van der Waals surface area contributed by atoms with Crippen LogP contribution in [0.2, 0.25) is 0 Å². The predicted molar refractivity (Wildman–Crippen MR) is 141 cm³/mol. The molecule has 0 spiro atoms. The van der Waals surface area contributed by atoms with Crippen molar-refractivity contribution in [2.75, 3.05) is 13.1 Å². The molecule has 0 unspecified atom stereocenters. The zero-order chi connectivity index (χ0) is 24.6. The van der Waals surface area contributed by atoms with Crippen molar-refractivity contribution in [3.05, 3.63) is 76.6 Å². The second-order valence-corrected chi connectivity index (χ2v) is 10.9. The minimum Gasteiger partial charge on any atom is -0.464 e. The number of likely N-dealkylation sites (tertiary alicyclic amines) is 1. The summed E-state index contributed by atoms with van der Waals surface area (Å²) in [4.78, 5) is 34.8. The summed E-state index contributed by atoms with van der Waals surface area (Å²) in [6.45, 7) is 3.17. The second kappa shape index (κ2) is 9.54. The molecule has 2 aliphatic rings. The number of rotatable bonds is 6. The van der Waals surface area contributed by atoms with Crippen LogP contribution in [0, 0.1) is 6.92 Å². The van der Waals surface area contributed by atoms with E-state index < -0.39 is 0 Å². The van der Waals surface area contributed by atoms with Crippen molar-refractivity contribution in [3.8, 4) is 10.4 Å². The third kappa shape index (κ3) is 4.44. The van der Waals surface area contributed by atoms with Crippen LogP contribution in [-0.2, 0) is 0 Å². The van der Waals surface area contributed by atoms with E-state index in [1.807, 2.05) is 29.2 Å². The maximum atomic E-state index is 13.9. The van der Waals surface area contributed by atoms with Crippen LogP contribution in [0.1, 0.15) is 69.4 Å². The zero-order valence-corrected chi connectivity index (χ0v) is 21.1. The molecule has 184 valence electrons. The summed E-state index contributed by atoms with van der Waals surface area (Å²) >= 11 is 1.67. The van der Waals surface area contributed by atoms with Crippen LogP contribution in [0.15, 0.2) is 59.2 Å². The van der Waals surface area contributed by atoms with Crippen LogP contribution in [0.5, 0.6) is 0 Å². The highest BCUT2D eigenvalue weighted by molar-refractivity contribution is 7.15. The van der Waals surface area contributed by atoms with Crippen LogP contribution in [0.25, 0.3) is 21.4 Å². The first-order chi connectivity index (χ1) is 17.6. The van der Waals surface area contributed by atoms with Gasteiger partial charge in [-0.3, -0.25) is 9.59 Å². The van der Waals surface area contributed by atoms with Gasteiger partial charge in [0.15, 0.2) is 0 Å². The molecule has 36 heavy (non-hydrogen) atoms. The molecule has 0 bridgehead atoms. The first-order valence-electron chi connectivity index (χ1n) is 12.7. The number of piperidine rings is 1. The summed E-state index contributed by atoms with van der Waals surface area (Å²) < 4.78 is 5.44. The van der Waals surface area contributed by atoms with Gasteiger partial charge in [0.1, 0.15) is 11.3 Å². The van der Waals surface area contributed by atoms with Crippen molar-refractivity contribution in [1.82, 2.24) is 15.2 Å². The molecule has 1 saturated heterocycles. The molecule has 2 aromatic carbocycles. The van der Waals surface area contributed by atoms with Crippen LogP contribution in [0.4, 0.5) is 0 Å². The number of amides is 2. The van der Waals surface area contributed by atoms with Gasteiger partial charge < -0.3 is 14.6 Å². The fraction of sp³-hybridized carbons (Fsp3) is 0.345. The Labute approximate surface area is 214 Å². The van der Waals surface area contributed by atoms with Crippen LogP contribution >= 0.6 is 11.3 Å². The van der Waals surface area contributed by atoms with E-state index in [4.69, 9.17) is 9.40 Å². The number of hydrogen-bond acceptors (Lipinski definition) is 5. The average Bonchev–Trinajstić information content (AvgIpc) is 3.46. The first kappa shape index (κ1) is 23.0. The maximum absolute atomic E-state index is 13.9. The lowest BCUT2D eigenvalue weighted by Gasteiger charge is -2.35. The molecule has 1 N–H and O–H groups in total. The second-order valence-electron chi connectivity index (χ2n) is 9.87. The molecule has 2 aromatic heterocycles. The van der Waals surface area contributed by atoms with Gasteiger partial charge in [0.25, 0.3) is 11.8 Å². The summed E-state index contributed by atoms with van der Waals surface area (Å²) in [6.07, 6.45) is 6.76. The Balaban J connectivity index is 1.24. The van der Waals surface area contributed by atoms with E-state index in [2.05, 4.69) is 30.4 Å². The van der Waals surface area contributed by atoms with Gasteiger partial charge in [-0.2, -0.15) is 0 Å². The first-order valence-corrected chi connectivity index (χ1v) is 13.5. The third-order valence-corrected chi connectivity index (χ3v) is 8.45. The number of benzene rings is 2. The number of fused-ring (bicyclic) bond motifs is 1. The van der Waals surface area contributed by atoms with E-state index in [1.165, 1.54) is 5.56 Å². The Morgan fingerprint density at radius 3 is 2.81 bits per heavy atom. The topological polar surface area (TPSA) is 75.4 Å². The molecule has 2 amide bonds. The van der Waals surface area contributed by atoms with E-state index in [0.29, 0.717) is 35.8 Å². The summed E-state index contributed by atoms with van der Waals surface area (Å²) in [5.41, 5.74) is 4.06. The van der Waals surface area contributed by atoms with Crippen LogP contribution in [-0.4, -0.2) is 40.8 Å². The average molecular weight is 500 g/mol. The minimum absolute atomic E-state index is 0.0226. The standard InChI is InChI=1S/C29H29N3O3S/c1-18-6-4-7-20(16-18)26-25(31-28(36-26)19-11-12-19)29(34)32-14-3-2-8-21(32)17-30-27(33)23-9-5-10-24-22(23)13-15-35-24/h4-7,9-10,13,15-16,19,21H,2-3,8,11-12,14,17H2,1H3,(H,30,33)/t21-/m0/s1. The highest BCUT2D eigenvalue weighted by Gasteiger charge is 2.34. The molecule has 1 aliphatic carbocycles. The van der Waals surface area contributed by atoms with E-state index in [9.17, 15) is 9.59 Å². The number of carbonyl (C=O) groups is 2. The lowest BCUT2D eigenvalue weighted by atomic mass is 10.0. The number of aryl methyl sites for hydroxylation is 1. The molecule has 1 aliphatic heterocycles. The largest absolute Gasteiger partial charge is 0.464 e. The summed E-state index contributed by atoms with van der Waals surface area (Å²) in [5.74, 6) is 0.317. The van der Waals surface area contributed by atoms with E-state index >= 15 is 0 Å². The molecule has 1 saturated carbocycles. The number of hydrogen-bond donors (Lipinski definition) is 1. The summed E-state index contributed by atoms with van der Waals surface area (Å²) in [5, 5.41) is 4.95. The molecule has 6 rings (SSSR count). The van der Waals surface area contributed by atoms with Gasteiger partial charge >= 0.3 is 0 Å². The number of aromatic nitrogens is 1. The highest BCUT2D eigenvalue weighted by Crippen LogP contribution is 2.45. The normalized spacial score (nSPS) is 17.9. The van der Waals surface area contributed by atoms with Crippen molar-refractivity contribution >= 4 is 34.1 Å². The summed E-state index contributed by atoms with van der Waals surface area (Å²) in [6, 6.07) is 15.5. The molecule has 0 radical (unpaired) electrons. The van der Waals surface area contributed by atoms with Crippen molar-refractivity contribution < 1.29 is 14.0 Å². The van der Waals surface area contributed by atoms with Crippen LogP contribution < -0.4 is 5.32 Å². The Bertz CT molecular complexity index is 1430. The molecule has 6 nitrogen and oxygen atoms in total. The number of nitrogens with one attached hydrogen (secondary N) is 1. The third-order valence-electron chi connectivity index (χ3n) is 7.18. The quantitative estimate of drug-likeness (QED) is 0.344. The van der Waals surface area contributed by atoms with Gasteiger partial charge in [0, 0.05) is 30.4 Å². The Morgan fingerprint density at radius 1 is 1.11 bits per heavy atom. The number of carbonyl (C=O) groups excluding carboxylic acids is 2. The lowest BCUT2D eigenvalue weighted by Crippen LogP contribution is -2.49. The highest BCUT2D eigenvalue weighted by atomic mass is 32.1. The molecule has 4 aromatic rings. The fourth-order valence-electron chi connectivity index (χ4n) is 5.08. The Morgan fingerprint density at radius 2 is 1.97 bits per heavy atom. The number of furan rings is 1. The van der Waals surface area contributed by atoms with Gasteiger partial charge in [0.05, 0.1) is 21.7 Å². The van der Waals surface area contributed by atoms with E-state index in [0.717, 1.165) is 52.9 Å². The molecular weight excluding hydrogens is 470 g/mol. The van der Waals surface area contributed by atoms with Crippen molar-refractivity contribution in [2.24, 2.45) is 0 Å². The Kier molecular flexibility index (Phi) is 6.09. The molecular formula is C29H29N3O3S. The number of thiazole rings is 1. The maximum Gasteiger partial charge on any atom is 0.274 e. The van der Waals surface area contributed by atoms with E-state index in [1.54, 1.807) is 23.7 Å². The molecule has 7 heteroatoms. The van der Waals surface area contributed by atoms with Gasteiger partial charge in [-0.15, -0.1) is 11.3 Å². The van der Waals surface area contributed by atoms with Crippen molar-refractivity contribution in [2.45, 2.75) is 51.0 Å². The van der Waals surface area contributed by atoms with Gasteiger partial charge in [-0.1, -0.05) is 35.9 Å². The monoisotopic (exact) mass is 499 g/mol. The van der Waals surface area contributed by atoms with Crippen molar-refractivity contribution in [3.63, 3.8) is 0 Å². The Hall–Kier alpha value is -3.45. The SMILES string of the molecule is Cc1cccc(-c2sc(C3CC3)nc2C(=O)N2CCCC[C@H]2CNC(=O)c2cccc3occc23)c1. The smallest absolute Gasteiger partial charge is 0.274 e. The van der Waals surface area contributed by atoms with Gasteiger partial charge in [-0.25, -0.2) is 4.98 Å².